The van der Waals surface area contributed by atoms with Crippen LogP contribution in [-0.4, -0.2) is 44.9 Å². The number of hydrogen-bond donors (Lipinski definition) is 2. The molecule has 2 unspecified atom stereocenters. The molecule has 0 rings (SSSR count). The lowest BCUT2D eigenvalue weighted by Gasteiger charge is -2.42. The first-order valence-corrected chi connectivity index (χ1v) is 10.5. The van der Waals surface area contributed by atoms with Crippen molar-refractivity contribution in [2.45, 2.75) is 91.6 Å². The van der Waals surface area contributed by atoms with Gasteiger partial charge in [-0.3, -0.25) is 0 Å². The molecular weight excluding hydrogens is 316 g/mol. The van der Waals surface area contributed by atoms with E-state index in [1.54, 1.807) is 0 Å². The molecule has 0 radical (unpaired) electrons. The zero-order valence-corrected chi connectivity index (χ0v) is 17.4. The Balaban J connectivity index is 5.00. The lowest BCUT2D eigenvalue weighted by Crippen LogP contribution is -2.54. The first kappa shape index (κ1) is 24.8. The fraction of sp³-hybridized carbons (Fsp3) is 1.00. The molecule has 0 heterocycles. The smallest absolute Gasteiger partial charge is 0.287 e. The van der Waals surface area contributed by atoms with Gasteiger partial charge in [0.05, 0.1) is 5.92 Å². The Kier molecular flexibility index (Phi) is 15.9. The first-order chi connectivity index (χ1) is 12.1. The van der Waals surface area contributed by atoms with Gasteiger partial charge in [-0.15, -0.1) is 0 Å². The Hall–Kier alpha value is -0.200. The minimum Gasteiger partial charge on any atom is -0.329 e. The van der Waals surface area contributed by atoms with Crippen molar-refractivity contribution in [1.29, 1.82) is 0 Å². The quantitative estimate of drug-likeness (QED) is 0.285. The summed E-state index contributed by atoms with van der Waals surface area (Å²) in [5.74, 6) is -0.840. The Morgan fingerprint density at radius 2 is 1.36 bits per heavy atom. The third-order valence-corrected chi connectivity index (χ3v) is 4.57. The van der Waals surface area contributed by atoms with Crippen LogP contribution in [0.4, 0.5) is 0 Å². The maximum absolute atomic E-state index is 6.05. The Bertz CT molecular complexity index is 273. The minimum atomic E-state index is -0.970. The molecule has 25 heavy (non-hydrogen) atoms. The molecule has 0 amide bonds. The zero-order chi connectivity index (χ0) is 19.0. The third kappa shape index (κ3) is 9.90. The van der Waals surface area contributed by atoms with Crippen LogP contribution in [0.2, 0.25) is 0 Å². The summed E-state index contributed by atoms with van der Waals surface area (Å²) >= 11 is 0. The van der Waals surface area contributed by atoms with E-state index in [2.05, 4.69) is 19.2 Å². The summed E-state index contributed by atoms with van der Waals surface area (Å²) < 4.78 is 18.2. The number of unbranched alkanes of at least 4 members (excludes halogenated alkanes) is 5. The van der Waals surface area contributed by atoms with Gasteiger partial charge in [-0.05, 0) is 34.1 Å². The average Bonchev–Trinajstić information content (AvgIpc) is 2.59. The zero-order valence-electron chi connectivity index (χ0n) is 17.4. The highest BCUT2D eigenvalue weighted by atomic mass is 16.9. The van der Waals surface area contributed by atoms with E-state index in [-0.39, 0.29) is 12.0 Å². The monoisotopic (exact) mass is 360 g/mol. The van der Waals surface area contributed by atoms with Crippen molar-refractivity contribution in [3.05, 3.63) is 0 Å². The van der Waals surface area contributed by atoms with Crippen molar-refractivity contribution < 1.29 is 14.2 Å². The van der Waals surface area contributed by atoms with Gasteiger partial charge in [0.1, 0.15) is 0 Å². The molecule has 0 aromatic heterocycles. The molecule has 0 fully saturated rings. The van der Waals surface area contributed by atoms with Gasteiger partial charge in [0.25, 0.3) is 5.97 Å². The molecule has 0 spiro atoms. The summed E-state index contributed by atoms with van der Waals surface area (Å²) in [7, 11) is 0. The lowest BCUT2D eigenvalue weighted by molar-refractivity contribution is -0.405. The molecule has 0 aliphatic heterocycles. The predicted molar refractivity (Wildman–Crippen MR) is 106 cm³/mol. The van der Waals surface area contributed by atoms with Crippen LogP contribution in [0.25, 0.3) is 0 Å². The van der Waals surface area contributed by atoms with Crippen LogP contribution in [-0.2, 0) is 14.2 Å². The van der Waals surface area contributed by atoms with E-state index in [4.69, 9.17) is 19.9 Å². The molecular formula is C20H44N2O3. The number of nitrogens with one attached hydrogen (secondary N) is 1. The van der Waals surface area contributed by atoms with Gasteiger partial charge in [-0.1, -0.05) is 45.4 Å². The molecule has 0 saturated carbocycles. The van der Waals surface area contributed by atoms with Gasteiger partial charge in [-0.2, -0.15) is 0 Å². The van der Waals surface area contributed by atoms with Gasteiger partial charge < -0.3 is 25.3 Å². The standard InChI is InChI=1S/C20H44N2O3/c1-6-10-11-12-13-14-15-19(18(5)22-17-16-21)20(23-7-2,24-8-3)25-9-4/h18-19,22H,6-17,21H2,1-5H3. The SMILES string of the molecule is CCCCCCCCC(C(C)NCCN)C(OCC)(OCC)OCC. The molecule has 2 atom stereocenters. The Morgan fingerprint density at radius 1 is 0.840 bits per heavy atom. The molecule has 0 aliphatic carbocycles. The van der Waals surface area contributed by atoms with Crippen LogP contribution in [0.1, 0.15) is 79.6 Å². The van der Waals surface area contributed by atoms with Crippen molar-refractivity contribution in [3.63, 3.8) is 0 Å². The van der Waals surface area contributed by atoms with Crippen LogP contribution in [0, 0.1) is 5.92 Å². The highest BCUT2D eigenvalue weighted by Crippen LogP contribution is 2.33. The molecule has 0 aromatic rings. The van der Waals surface area contributed by atoms with Crippen LogP contribution >= 0.6 is 0 Å². The second-order valence-corrected chi connectivity index (χ2v) is 6.60. The predicted octanol–water partition coefficient (Wildman–Crippen LogP) is 4.05. The summed E-state index contributed by atoms with van der Waals surface area (Å²) in [6, 6.07) is 0.212. The second kappa shape index (κ2) is 16.0. The van der Waals surface area contributed by atoms with Crippen LogP contribution < -0.4 is 11.1 Å². The van der Waals surface area contributed by atoms with Crippen molar-refractivity contribution >= 4 is 0 Å². The molecule has 0 aromatic carbocycles. The fourth-order valence-electron chi connectivity index (χ4n) is 3.38. The highest BCUT2D eigenvalue weighted by molar-refractivity contribution is 4.82. The van der Waals surface area contributed by atoms with Crippen molar-refractivity contribution in [2.24, 2.45) is 11.7 Å². The molecule has 0 bridgehead atoms. The summed E-state index contributed by atoms with van der Waals surface area (Å²) in [6.07, 6.45) is 8.68. The number of ether oxygens (including phenoxy) is 3. The van der Waals surface area contributed by atoms with E-state index in [0.717, 1.165) is 19.4 Å². The van der Waals surface area contributed by atoms with Gasteiger partial charge in [-0.25, -0.2) is 0 Å². The summed E-state index contributed by atoms with van der Waals surface area (Å²) in [5, 5.41) is 3.51. The average molecular weight is 361 g/mol. The van der Waals surface area contributed by atoms with Gasteiger partial charge in [0.15, 0.2) is 0 Å². The third-order valence-electron chi connectivity index (χ3n) is 4.57. The first-order valence-electron chi connectivity index (χ1n) is 10.5. The van der Waals surface area contributed by atoms with Crippen molar-refractivity contribution in [3.8, 4) is 0 Å². The van der Waals surface area contributed by atoms with Crippen LogP contribution in [0.5, 0.6) is 0 Å². The van der Waals surface area contributed by atoms with Gasteiger partial charge in [0.2, 0.25) is 0 Å². The van der Waals surface area contributed by atoms with E-state index in [1.165, 1.54) is 32.1 Å². The molecule has 152 valence electrons. The lowest BCUT2D eigenvalue weighted by atomic mass is 9.91. The summed E-state index contributed by atoms with van der Waals surface area (Å²) in [5.41, 5.74) is 5.67. The minimum absolute atomic E-state index is 0.130. The van der Waals surface area contributed by atoms with Gasteiger partial charge >= 0.3 is 0 Å². The highest BCUT2D eigenvalue weighted by Gasteiger charge is 2.44. The van der Waals surface area contributed by atoms with Crippen LogP contribution in [0.3, 0.4) is 0 Å². The fourth-order valence-corrected chi connectivity index (χ4v) is 3.38. The van der Waals surface area contributed by atoms with Crippen molar-refractivity contribution in [2.75, 3.05) is 32.9 Å². The number of rotatable bonds is 18. The van der Waals surface area contributed by atoms with Crippen molar-refractivity contribution in [1.82, 2.24) is 5.32 Å². The Morgan fingerprint density at radius 3 is 1.84 bits per heavy atom. The maximum Gasteiger partial charge on any atom is 0.287 e. The topological polar surface area (TPSA) is 65.7 Å². The number of nitrogens with two attached hydrogens (primary N) is 1. The largest absolute Gasteiger partial charge is 0.329 e. The summed E-state index contributed by atoms with van der Waals surface area (Å²) in [4.78, 5) is 0. The number of hydrogen-bond acceptors (Lipinski definition) is 5. The molecule has 3 N–H and O–H groups in total. The van der Waals surface area contributed by atoms with E-state index in [1.807, 2.05) is 20.8 Å². The molecule has 0 saturated heterocycles. The summed E-state index contributed by atoms with van der Waals surface area (Å²) in [6.45, 7) is 13.5. The van der Waals surface area contributed by atoms with Gasteiger partial charge in [0, 0.05) is 39.0 Å². The molecule has 5 heteroatoms. The maximum atomic E-state index is 6.05. The van der Waals surface area contributed by atoms with E-state index >= 15 is 0 Å². The normalized spacial score (nSPS) is 14.6. The van der Waals surface area contributed by atoms with E-state index in [9.17, 15) is 0 Å². The molecule has 0 aliphatic rings. The molecule has 5 nitrogen and oxygen atoms in total. The van der Waals surface area contributed by atoms with E-state index < -0.39 is 5.97 Å². The van der Waals surface area contributed by atoms with Crippen LogP contribution in [0.15, 0.2) is 0 Å². The Labute approximate surface area is 156 Å². The second-order valence-electron chi connectivity index (χ2n) is 6.60. The van der Waals surface area contributed by atoms with E-state index in [0.29, 0.717) is 26.4 Å².